The van der Waals surface area contributed by atoms with Crippen LogP contribution in [0.25, 0.3) is 76.5 Å². The lowest BCUT2D eigenvalue weighted by Crippen LogP contribution is -2.10. The minimum absolute atomic E-state index is 0.695. The van der Waals surface area contributed by atoms with E-state index in [0.717, 1.165) is 25.2 Å². The summed E-state index contributed by atoms with van der Waals surface area (Å²) in [6.07, 6.45) is 18.8. The summed E-state index contributed by atoms with van der Waals surface area (Å²) < 4.78 is 0. The molecule has 0 heterocycles. The molecular formula is C66H78. The van der Waals surface area contributed by atoms with Gasteiger partial charge in [-0.2, -0.15) is 0 Å². The molecule has 0 nitrogen and oxygen atoms in total. The Morgan fingerprint density at radius 3 is 1.17 bits per heavy atom. The van der Waals surface area contributed by atoms with E-state index < -0.39 is 0 Å². The topological polar surface area (TPSA) is 0 Å². The van der Waals surface area contributed by atoms with Gasteiger partial charge in [0.25, 0.3) is 0 Å². The van der Waals surface area contributed by atoms with E-state index in [9.17, 15) is 0 Å². The van der Waals surface area contributed by atoms with Crippen molar-refractivity contribution in [3.8, 4) is 33.4 Å². The molecule has 0 heteroatoms. The Hall–Kier alpha value is -5.20. The summed E-state index contributed by atoms with van der Waals surface area (Å²) >= 11 is 0. The fraction of sp³-hybridized carbons (Fsp3) is 0.394. The first-order valence-electron chi connectivity index (χ1n) is 26.4. The van der Waals surface area contributed by atoms with Crippen LogP contribution in [0.2, 0.25) is 0 Å². The standard InChI is InChI=1S/C66H78/c1-9-15-22-47(12-4)39-50-31-38-60-61(42-50)46(8)56-25-18-19-26-57(56)64(60)52-34-36-53(37-35-52)66-59-28-21-20-27-58(59)65(51-32-29-45(7)30-33-51)62-43-54(40-48(13-5)23-16-10-2)55(44-63(62)66)41-49(14-6)24-17-11-3/h18-21,25-38,42-44,47-49H,9-17,22-24,39-41H2,1-8H3. The highest BCUT2D eigenvalue weighted by Crippen LogP contribution is 2.47. The maximum absolute atomic E-state index is 2.68. The Labute approximate surface area is 399 Å². The number of hydrogen-bond acceptors (Lipinski definition) is 0. The number of aryl methyl sites for hydroxylation is 2. The first-order valence-corrected chi connectivity index (χ1v) is 26.4. The summed E-state index contributed by atoms with van der Waals surface area (Å²) in [5, 5.41) is 10.9. The smallest absolute Gasteiger partial charge is 0.00263 e. The van der Waals surface area contributed by atoms with Crippen molar-refractivity contribution in [2.75, 3.05) is 0 Å². The molecule has 0 saturated carbocycles. The van der Waals surface area contributed by atoms with Gasteiger partial charge in [0.15, 0.2) is 0 Å². The van der Waals surface area contributed by atoms with E-state index >= 15 is 0 Å². The molecule has 0 saturated heterocycles. The zero-order chi connectivity index (χ0) is 46.2. The molecule has 342 valence electrons. The van der Waals surface area contributed by atoms with Gasteiger partial charge >= 0.3 is 0 Å². The average Bonchev–Trinajstić information content (AvgIpc) is 3.35. The number of hydrogen-bond donors (Lipinski definition) is 0. The fourth-order valence-corrected chi connectivity index (χ4v) is 11.5. The zero-order valence-electron chi connectivity index (χ0n) is 42.0. The van der Waals surface area contributed by atoms with E-state index in [1.807, 2.05) is 0 Å². The molecule has 0 amide bonds. The molecule has 0 fully saturated rings. The summed E-state index contributed by atoms with van der Waals surface area (Å²) in [6, 6.07) is 50.2. The molecule has 8 rings (SSSR count). The quantitative estimate of drug-likeness (QED) is 0.0631. The summed E-state index contributed by atoms with van der Waals surface area (Å²) in [5.74, 6) is 2.14. The van der Waals surface area contributed by atoms with Crippen LogP contribution in [0, 0.1) is 31.6 Å². The maximum atomic E-state index is 2.68. The van der Waals surface area contributed by atoms with Crippen molar-refractivity contribution in [2.24, 2.45) is 17.8 Å². The van der Waals surface area contributed by atoms with E-state index in [0.29, 0.717) is 11.8 Å². The lowest BCUT2D eigenvalue weighted by atomic mass is 9.80. The van der Waals surface area contributed by atoms with Crippen LogP contribution in [0.3, 0.4) is 0 Å². The molecule has 66 heavy (non-hydrogen) atoms. The first-order chi connectivity index (χ1) is 32.3. The van der Waals surface area contributed by atoms with Crippen molar-refractivity contribution in [3.05, 3.63) is 155 Å². The van der Waals surface area contributed by atoms with Gasteiger partial charge in [-0.25, -0.2) is 0 Å². The van der Waals surface area contributed by atoms with E-state index in [-0.39, 0.29) is 0 Å². The van der Waals surface area contributed by atoms with Crippen molar-refractivity contribution in [3.63, 3.8) is 0 Å². The second-order valence-corrected chi connectivity index (χ2v) is 20.2. The van der Waals surface area contributed by atoms with Crippen LogP contribution >= 0.6 is 0 Å². The third kappa shape index (κ3) is 10.1. The fourth-order valence-electron chi connectivity index (χ4n) is 11.5. The van der Waals surface area contributed by atoms with Crippen LogP contribution in [0.15, 0.2) is 127 Å². The summed E-state index contributed by atoms with van der Waals surface area (Å²) in [7, 11) is 0. The van der Waals surface area contributed by atoms with E-state index in [1.54, 1.807) is 11.1 Å². The monoisotopic (exact) mass is 871 g/mol. The van der Waals surface area contributed by atoms with Crippen LogP contribution in [0.5, 0.6) is 0 Å². The molecule has 0 aliphatic rings. The molecule has 0 N–H and O–H groups in total. The normalized spacial score (nSPS) is 13.3. The number of benzene rings is 8. The van der Waals surface area contributed by atoms with Gasteiger partial charge in [0.05, 0.1) is 0 Å². The summed E-state index contributed by atoms with van der Waals surface area (Å²) in [5.41, 5.74) is 15.3. The highest BCUT2D eigenvalue weighted by molar-refractivity contribution is 6.22. The second-order valence-electron chi connectivity index (χ2n) is 20.2. The summed E-state index contributed by atoms with van der Waals surface area (Å²) in [4.78, 5) is 0. The predicted octanol–water partition coefficient (Wildman–Crippen LogP) is 20.2. The maximum Gasteiger partial charge on any atom is -0.00263 e. The molecule has 3 unspecified atom stereocenters. The molecule has 0 aliphatic heterocycles. The van der Waals surface area contributed by atoms with Crippen LogP contribution < -0.4 is 0 Å². The third-order valence-electron chi connectivity index (χ3n) is 15.7. The Kier molecular flexibility index (Phi) is 15.8. The second kappa shape index (κ2) is 22.1. The molecular weight excluding hydrogens is 793 g/mol. The van der Waals surface area contributed by atoms with Gasteiger partial charge in [0, 0.05) is 0 Å². The van der Waals surface area contributed by atoms with Gasteiger partial charge < -0.3 is 0 Å². The van der Waals surface area contributed by atoms with Crippen molar-refractivity contribution in [1.29, 1.82) is 0 Å². The van der Waals surface area contributed by atoms with Crippen molar-refractivity contribution in [2.45, 2.75) is 152 Å². The van der Waals surface area contributed by atoms with Gasteiger partial charge in [-0.15, -0.1) is 0 Å². The van der Waals surface area contributed by atoms with E-state index in [2.05, 4.69) is 183 Å². The highest BCUT2D eigenvalue weighted by atomic mass is 14.3. The van der Waals surface area contributed by atoms with Crippen LogP contribution in [0.1, 0.15) is 146 Å². The Balaban J connectivity index is 1.34. The number of rotatable bonds is 21. The average molecular weight is 871 g/mol. The van der Waals surface area contributed by atoms with Crippen LogP contribution in [0.4, 0.5) is 0 Å². The lowest BCUT2D eigenvalue weighted by molar-refractivity contribution is 0.434. The molecule has 0 radical (unpaired) electrons. The lowest BCUT2D eigenvalue weighted by Gasteiger charge is -2.24. The van der Waals surface area contributed by atoms with Crippen molar-refractivity contribution in [1.82, 2.24) is 0 Å². The Morgan fingerprint density at radius 1 is 0.348 bits per heavy atom. The molecule has 0 bridgehead atoms. The first kappa shape index (κ1) is 47.3. The molecule has 0 aliphatic carbocycles. The minimum atomic E-state index is 0.695. The molecule has 3 atom stereocenters. The van der Waals surface area contributed by atoms with Crippen molar-refractivity contribution < 1.29 is 0 Å². The zero-order valence-corrected chi connectivity index (χ0v) is 42.0. The molecule has 0 aromatic heterocycles. The van der Waals surface area contributed by atoms with Gasteiger partial charge in [-0.3, -0.25) is 0 Å². The molecule has 8 aromatic carbocycles. The van der Waals surface area contributed by atoms with E-state index in [1.165, 1.54) is 170 Å². The minimum Gasteiger partial charge on any atom is -0.0654 e. The third-order valence-corrected chi connectivity index (χ3v) is 15.7. The van der Waals surface area contributed by atoms with Crippen molar-refractivity contribution >= 4 is 43.1 Å². The van der Waals surface area contributed by atoms with Gasteiger partial charge in [-0.1, -0.05) is 252 Å². The SMILES string of the molecule is CCCCC(CC)Cc1ccc2c(-c3ccc(-c4c5ccccc5c(-c5ccc(C)cc5)c5cc(CC(CC)CCCC)c(CC(CC)CCCC)cc45)cc3)c3ccccc3c(C)c2c1. The largest absolute Gasteiger partial charge is 0.0654 e. The predicted molar refractivity (Wildman–Crippen MR) is 293 cm³/mol. The highest BCUT2D eigenvalue weighted by Gasteiger charge is 2.23. The van der Waals surface area contributed by atoms with E-state index in [4.69, 9.17) is 0 Å². The van der Waals surface area contributed by atoms with Gasteiger partial charge in [-0.05, 0) is 150 Å². The van der Waals surface area contributed by atoms with Crippen LogP contribution in [-0.2, 0) is 19.3 Å². The number of unbranched alkanes of at least 4 members (excludes halogenated alkanes) is 3. The Bertz CT molecular complexity index is 2870. The summed E-state index contributed by atoms with van der Waals surface area (Å²) in [6.45, 7) is 18.8. The Morgan fingerprint density at radius 2 is 0.727 bits per heavy atom. The molecule has 0 spiro atoms. The number of fused-ring (bicyclic) bond motifs is 4. The van der Waals surface area contributed by atoms with Gasteiger partial charge in [0.2, 0.25) is 0 Å². The van der Waals surface area contributed by atoms with Crippen LogP contribution in [-0.4, -0.2) is 0 Å². The van der Waals surface area contributed by atoms with Gasteiger partial charge in [0.1, 0.15) is 0 Å². The molecule has 8 aromatic rings.